The highest BCUT2D eigenvalue weighted by Gasteiger charge is 2.39. The molecule has 8 nitrogen and oxygen atoms in total. The quantitative estimate of drug-likeness (QED) is 0.276. The van der Waals surface area contributed by atoms with E-state index in [1.807, 2.05) is 26.0 Å². The summed E-state index contributed by atoms with van der Waals surface area (Å²) < 4.78 is 87.9. The van der Waals surface area contributed by atoms with Gasteiger partial charge in [-0.3, -0.25) is 4.90 Å². The highest BCUT2D eigenvalue weighted by molar-refractivity contribution is 5.89. The lowest BCUT2D eigenvalue weighted by Crippen LogP contribution is -2.37. The predicted octanol–water partition coefficient (Wildman–Crippen LogP) is 7.16. The fourth-order valence-corrected chi connectivity index (χ4v) is 5.58. The number of tetrazole rings is 1. The van der Waals surface area contributed by atoms with Crippen molar-refractivity contribution < 1.29 is 35.9 Å². The summed E-state index contributed by atoms with van der Waals surface area (Å²) in [7, 11) is 1.51. The molecule has 232 valence electrons. The monoisotopic (exact) mass is 610 g/mol. The van der Waals surface area contributed by atoms with Gasteiger partial charge in [0, 0.05) is 13.1 Å². The Hall–Kier alpha value is -3.84. The molecule has 1 amide bonds. The summed E-state index contributed by atoms with van der Waals surface area (Å²) in [5, 5.41) is 12.2. The largest absolute Gasteiger partial charge is 0.446 e. The molecule has 1 aliphatic heterocycles. The Kier molecular flexibility index (Phi) is 8.32. The summed E-state index contributed by atoms with van der Waals surface area (Å²) in [5.74, 6) is 0.0357. The van der Waals surface area contributed by atoms with Crippen LogP contribution in [0, 0.1) is 6.92 Å². The molecule has 1 atom stereocenters. The molecule has 2 aliphatic rings. The first-order chi connectivity index (χ1) is 20.2. The summed E-state index contributed by atoms with van der Waals surface area (Å²) in [6.45, 7) is 3.86. The molecule has 14 heteroatoms. The molecular weight excluding hydrogens is 578 g/mol. The zero-order valence-electron chi connectivity index (χ0n) is 24.0. The summed E-state index contributed by atoms with van der Waals surface area (Å²) >= 11 is 0. The lowest BCUT2D eigenvalue weighted by atomic mass is 9.93. The number of hydrogen-bond acceptors (Lipinski definition) is 6. The minimum Gasteiger partial charge on any atom is -0.446 e. The number of aromatic nitrogens is 4. The minimum absolute atomic E-state index is 0.0357. The zero-order chi connectivity index (χ0) is 31.1. The molecule has 0 saturated heterocycles. The van der Waals surface area contributed by atoms with Gasteiger partial charge in [0.25, 0.3) is 5.95 Å². The molecule has 1 saturated carbocycles. The smallest absolute Gasteiger partial charge is 0.416 e. The number of halogens is 6. The van der Waals surface area contributed by atoms with Crippen LogP contribution in [0.5, 0.6) is 0 Å². The van der Waals surface area contributed by atoms with Gasteiger partial charge in [-0.05, 0) is 97.2 Å². The summed E-state index contributed by atoms with van der Waals surface area (Å²) in [5.41, 5.74) is 0.170. The molecule has 2 aromatic carbocycles. The topological polar surface area (TPSA) is 76.4 Å². The lowest BCUT2D eigenvalue weighted by Gasteiger charge is -2.33. The van der Waals surface area contributed by atoms with Gasteiger partial charge in [0.2, 0.25) is 0 Å². The Morgan fingerprint density at radius 2 is 1.67 bits per heavy atom. The third-order valence-electron chi connectivity index (χ3n) is 8.05. The van der Waals surface area contributed by atoms with E-state index in [1.54, 1.807) is 9.80 Å². The number of hydrogen-bond donors (Lipinski definition) is 0. The number of rotatable bonds is 6. The average Bonchev–Trinajstić information content (AvgIpc) is 3.26. The number of carbonyl (C=O) groups excluding carboxylic acids is 1. The third-order valence-corrected chi connectivity index (χ3v) is 8.05. The molecule has 0 bridgehead atoms. The van der Waals surface area contributed by atoms with E-state index in [9.17, 15) is 31.1 Å². The maximum Gasteiger partial charge on any atom is 0.416 e. The van der Waals surface area contributed by atoms with E-state index in [0.717, 1.165) is 30.4 Å². The Labute approximate surface area is 244 Å². The van der Waals surface area contributed by atoms with Crippen molar-refractivity contribution >= 4 is 17.7 Å². The standard InChI is InChI=1S/C29H32F6N6O2/c1-4-19-14-23-24(9-6-10-40(25(23)11-17(19)2)27(42)43-22-7-5-8-22)41(26-36-38-39(3)37-26)16-18-12-20(28(30,31)32)15-21(13-18)29(33,34)35/h11-15,22,24H,4-10,16H2,1-3H3/t24-/m0/s1. The fraction of sp³-hybridized carbons (Fsp3) is 0.517. The molecule has 2 heterocycles. The number of amides is 1. The first-order valence-corrected chi connectivity index (χ1v) is 14.1. The maximum atomic E-state index is 13.7. The van der Waals surface area contributed by atoms with E-state index in [1.165, 1.54) is 11.8 Å². The van der Waals surface area contributed by atoms with Crippen LogP contribution in [0.2, 0.25) is 0 Å². The van der Waals surface area contributed by atoms with Gasteiger partial charge in [-0.2, -0.15) is 31.1 Å². The molecule has 3 aromatic rings. The molecule has 1 fully saturated rings. The van der Waals surface area contributed by atoms with E-state index < -0.39 is 35.6 Å². The van der Waals surface area contributed by atoms with E-state index in [0.29, 0.717) is 49.2 Å². The number of alkyl halides is 6. The molecule has 1 aliphatic carbocycles. The second-order valence-electron chi connectivity index (χ2n) is 11.1. The molecule has 5 rings (SSSR count). The number of fused-ring (bicyclic) bond motifs is 1. The van der Waals surface area contributed by atoms with Crippen LogP contribution in [0.15, 0.2) is 30.3 Å². The van der Waals surface area contributed by atoms with Crippen LogP contribution >= 0.6 is 0 Å². The SMILES string of the molecule is CCc1cc2c(cc1C)N(C(=O)OC1CCC1)CCC[C@@H]2N(Cc1cc(C(F)(F)F)cc(C(F)(F)F)c1)c1nnn(C)n1. The molecular formula is C29H32F6N6O2. The molecule has 0 N–H and O–H groups in total. The van der Waals surface area contributed by atoms with Gasteiger partial charge >= 0.3 is 18.4 Å². The van der Waals surface area contributed by atoms with E-state index >= 15 is 0 Å². The van der Waals surface area contributed by atoms with Crippen LogP contribution in [0.25, 0.3) is 0 Å². The lowest BCUT2D eigenvalue weighted by molar-refractivity contribution is -0.143. The molecule has 0 spiro atoms. The normalized spacial score (nSPS) is 17.7. The van der Waals surface area contributed by atoms with Crippen molar-refractivity contribution in [2.24, 2.45) is 7.05 Å². The van der Waals surface area contributed by atoms with Crippen LogP contribution in [-0.4, -0.2) is 38.9 Å². The second kappa shape index (κ2) is 11.7. The van der Waals surface area contributed by atoms with Crippen molar-refractivity contribution in [3.8, 4) is 0 Å². The maximum absolute atomic E-state index is 13.7. The predicted molar refractivity (Wildman–Crippen MR) is 145 cm³/mol. The van der Waals surface area contributed by atoms with Gasteiger partial charge in [-0.1, -0.05) is 18.1 Å². The van der Waals surface area contributed by atoms with Gasteiger partial charge in [0.05, 0.1) is 29.9 Å². The van der Waals surface area contributed by atoms with Crippen molar-refractivity contribution in [1.82, 2.24) is 20.2 Å². The van der Waals surface area contributed by atoms with Gasteiger partial charge in [-0.15, -0.1) is 5.10 Å². The first kappa shape index (κ1) is 30.6. The number of aryl methyl sites for hydroxylation is 3. The Balaban J connectivity index is 1.62. The number of benzene rings is 2. The molecule has 0 unspecified atom stereocenters. The Morgan fingerprint density at radius 1 is 1.00 bits per heavy atom. The molecule has 43 heavy (non-hydrogen) atoms. The summed E-state index contributed by atoms with van der Waals surface area (Å²) in [6.07, 6.45) is -6.46. The van der Waals surface area contributed by atoms with Gasteiger partial charge in [0.1, 0.15) is 6.10 Å². The van der Waals surface area contributed by atoms with Crippen LogP contribution < -0.4 is 9.80 Å². The van der Waals surface area contributed by atoms with E-state index in [-0.39, 0.29) is 30.2 Å². The highest BCUT2D eigenvalue weighted by Crippen LogP contribution is 2.42. The highest BCUT2D eigenvalue weighted by atomic mass is 19.4. The number of nitrogens with zero attached hydrogens (tertiary/aromatic N) is 6. The first-order valence-electron chi connectivity index (χ1n) is 14.1. The fourth-order valence-electron chi connectivity index (χ4n) is 5.58. The van der Waals surface area contributed by atoms with Crippen molar-refractivity contribution in [2.45, 2.75) is 83.4 Å². The molecule has 1 aromatic heterocycles. The van der Waals surface area contributed by atoms with Gasteiger partial charge < -0.3 is 9.64 Å². The second-order valence-corrected chi connectivity index (χ2v) is 11.1. The third kappa shape index (κ3) is 6.57. The molecule has 0 radical (unpaired) electrons. The number of ether oxygens (including phenoxy) is 1. The van der Waals surface area contributed by atoms with Crippen LogP contribution in [0.1, 0.15) is 78.5 Å². The van der Waals surface area contributed by atoms with Gasteiger partial charge in [0.15, 0.2) is 0 Å². The van der Waals surface area contributed by atoms with E-state index in [2.05, 4.69) is 15.4 Å². The van der Waals surface area contributed by atoms with Crippen molar-refractivity contribution in [3.05, 3.63) is 63.7 Å². The Bertz CT molecular complexity index is 1450. The summed E-state index contributed by atoms with van der Waals surface area (Å²) in [6, 6.07) is 4.77. The number of carbonyl (C=O) groups is 1. The van der Waals surface area contributed by atoms with Crippen molar-refractivity contribution in [3.63, 3.8) is 0 Å². The zero-order valence-corrected chi connectivity index (χ0v) is 24.0. The van der Waals surface area contributed by atoms with Gasteiger partial charge in [-0.25, -0.2) is 4.79 Å². The van der Waals surface area contributed by atoms with Crippen molar-refractivity contribution in [1.29, 1.82) is 0 Å². The number of anilines is 2. The van der Waals surface area contributed by atoms with Crippen LogP contribution in [0.4, 0.5) is 42.8 Å². The minimum atomic E-state index is -4.99. The van der Waals surface area contributed by atoms with Crippen LogP contribution in [0.3, 0.4) is 0 Å². The Morgan fingerprint density at radius 3 is 2.21 bits per heavy atom. The average molecular weight is 611 g/mol. The van der Waals surface area contributed by atoms with Crippen molar-refractivity contribution in [2.75, 3.05) is 16.3 Å². The summed E-state index contributed by atoms with van der Waals surface area (Å²) in [4.78, 5) is 17.6. The van der Waals surface area contributed by atoms with Crippen LogP contribution in [-0.2, 0) is 37.1 Å². The van der Waals surface area contributed by atoms with E-state index in [4.69, 9.17) is 4.74 Å².